The zero-order valence-electron chi connectivity index (χ0n) is 14.8. The monoisotopic (exact) mass is 300 g/mol. The topological polar surface area (TPSA) is 36.9 Å². The molecule has 0 rings (SSSR count). The van der Waals surface area contributed by atoms with Crippen LogP contribution in [0.4, 0.5) is 0 Å². The predicted octanol–water partition coefficient (Wildman–Crippen LogP) is 4.47. The zero-order valence-corrected chi connectivity index (χ0v) is 14.8. The quantitative estimate of drug-likeness (QED) is 0.558. The molecule has 0 spiro atoms. The van der Waals surface area contributed by atoms with Crippen molar-refractivity contribution < 1.29 is 18.9 Å². The Morgan fingerprint density at radius 2 is 1.05 bits per heavy atom. The summed E-state index contributed by atoms with van der Waals surface area (Å²) in [5.74, 6) is 2.31. The number of ether oxygens (including phenoxy) is 4. The van der Waals surface area contributed by atoms with Crippen molar-refractivity contribution in [3.8, 4) is 0 Å². The highest BCUT2D eigenvalue weighted by Gasteiger charge is 2.10. The summed E-state index contributed by atoms with van der Waals surface area (Å²) in [6.45, 7) is 12.5. The van der Waals surface area contributed by atoms with Crippen LogP contribution in [0.2, 0.25) is 0 Å². The molecule has 2 atom stereocenters. The van der Waals surface area contributed by atoms with E-state index in [1.807, 2.05) is 13.8 Å². The normalized spacial score (nSPS) is 15.9. The van der Waals surface area contributed by atoms with Crippen molar-refractivity contribution in [2.45, 2.75) is 60.2 Å². The third-order valence-electron chi connectivity index (χ3n) is 3.58. The number of methoxy groups -OCH3 is 2. The second-order valence-electron chi connectivity index (χ2n) is 5.92. The fourth-order valence-electron chi connectivity index (χ4n) is 1.18. The first kappa shape index (κ1) is 19.7. The van der Waals surface area contributed by atoms with Crippen LogP contribution in [0.5, 0.6) is 0 Å². The van der Waals surface area contributed by atoms with E-state index in [1.165, 1.54) is 0 Å². The van der Waals surface area contributed by atoms with Crippen LogP contribution in [0.3, 0.4) is 0 Å². The van der Waals surface area contributed by atoms with Gasteiger partial charge in [-0.05, 0) is 25.7 Å². The largest absolute Gasteiger partial charge is 0.497 e. The van der Waals surface area contributed by atoms with Crippen LogP contribution >= 0.6 is 0 Å². The third kappa shape index (κ3) is 8.53. The molecule has 0 aromatic rings. The maximum atomic E-state index is 5.66. The summed E-state index contributed by atoms with van der Waals surface area (Å²) in [5.41, 5.74) is 0. The van der Waals surface area contributed by atoms with Crippen molar-refractivity contribution in [3.63, 3.8) is 0 Å². The van der Waals surface area contributed by atoms with Crippen molar-refractivity contribution in [2.24, 2.45) is 11.8 Å². The van der Waals surface area contributed by atoms with Crippen LogP contribution in [-0.4, -0.2) is 26.4 Å². The Bertz CT molecular complexity index is 300. The first-order chi connectivity index (χ1) is 9.81. The smallest absolute Gasteiger partial charge is 0.137 e. The lowest BCUT2D eigenvalue weighted by Gasteiger charge is -2.18. The average molecular weight is 300 g/mol. The molecule has 0 aromatic carbocycles. The van der Waals surface area contributed by atoms with Gasteiger partial charge in [0.2, 0.25) is 0 Å². The fourth-order valence-corrected chi connectivity index (χ4v) is 1.18. The summed E-state index contributed by atoms with van der Waals surface area (Å²) in [5, 5.41) is 0. The molecule has 0 saturated heterocycles. The Labute approximate surface area is 130 Å². The fraction of sp³-hybridized carbons (Fsp3) is 0.765. The van der Waals surface area contributed by atoms with E-state index in [2.05, 4.69) is 27.7 Å². The summed E-state index contributed by atoms with van der Waals surface area (Å²) in [4.78, 5) is 0. The Morgan fingerprint density at radius 1 is 0.714 bits per heavy atom. The standard InChI is InChI=1S/C17H32O4/c1-12(2)14(5)20-10-16(18-7)9-17(19-8)11-21-15(6)13(3)4/h10-15H,9H2,1-8H3. The second kappa shape index (κ2) is 10.4. The molecule has 0 aromatic heterocycles. The van der Waals surface area contributed by atoms with Gasteiger partial charge in [0.1, 0.15) is 24.0 Å². The molecule has 0 bridgehead atoms. The van der Waals surface area contributed by atoms with Gasteiger partial charge in [-0.2, -0.15) is 0 Å². The second-order valence-corrected chi connectivity index (χ2v) is 5.92. The molecular weight excluding hydrogens is 268 g/mol. The molecule has 0 aliphatic heterocycles. The number of rotatable bonds is 10. The van der Waals surface area contributed by atoms with Gasteiger partial charge in [0.05, 0.1) is 32.8 Å². The van der Waals surface area contributed by atoms with E-state index in [4.69, 9.17) is 18.9 Å². The van der Waals surface area contributed by atoms with Gasteiger partial charge in [-0.15, -0.1) is 0 Å². The maximum absolute atomic E-state index is 5.66. The minimum Gasteiger partial charge on any atom is -0.497 e. The van der Waals surface area contributed by atoms with E-state index >= 15 is 0 Å². The summed E-state index contributed by atoms with van der Waals surface area (Å²) in [6.07, 6.45) is 4.10. The van der Waals surface area contributed by atoms with Crippen molar-refractivity contribution >= 4 is 0 Å². The van der Waals surface area contributed by atoms with Gasteiger partial charge in [-0.1, -0.05) is 27.7 Å². The molecule has 2 unspecified atom stereocenters. The number of hydrogen-bond acceptors (Lipinski definition) is 4. The molecule has 0 saturated carbocycles. The van der Waals surface area contributed by atoms with Crippen LogP contribution in [0.15, 0.2) is 24.0 Å². The average Bonchev–Trinajstić information content (AvgIpc) is 2.45. The predicted molar refractivity (Wildman–Crippen MR) is 85.6 cm³/mol. The zero-order chi connectivity index (χ0) is 16.4. The summed E-state index contributed by atoms with van der Waals surface area (Å²) in [7, 11) is 3.25. The van der Waals surface area contributed by atoms with Gasteiger partial charge in [0, 0.05) is 0 Å². The molecule has 4 heteroatoms. The van der Waals surface area contributed by atoms with Crippen LogP contribution in [0, 0.1) is 11.8 Å². The van der Waals surface area contributed by atoms with E-state index < -0.39 is 0 Å². The maximum Gasteiger partial charge on any atom is 0.137 e. The van der Waals surface area contributed by atoms with Crippen LogP contribution in [0.25, 0.3) is 0 Å². The van der Waals surface area contributed by atoms with Gasteiger partial charge >= 0.3 is 0 Å². The minimum atomic E-state index is 0.141. The molecule has 4 nitrogen and oxygen atoms in total. The van der Waals surface area contributed by atoms with Gasteiger partial charge in [0.25, 0.3) is 0 Å². The lowest BCUT2D eigenvalue weighted by molar-refractivity contribution is 0.0970. The molecule has 0 aliphatic carbocycles. The first-order valence-electron chi connectivity index (χ1n) is 7.58. The van der Waals surface area contributed by atoms with Crippen molar-refractivity contribution in [2.75, 3.05) is 14.2 Å². The highest BCUT2D eigenvalue weighted by atomic mass is 16.5. The molecule has 0 N–H and O–H groups in total. The van der Waals surface area contributed by atoms with Crippen LogP contribution in [-0.2, 0) is 18.9 Å². The van der Waals surface area contributed by atoms with Gasteiger partial charge in [0.15, 0.2) is 0 Å². The molecule has 0 heterocycles. The molecular formula is C17H32O4. The SMILES string of the molecule is COC(=COC(C)C(C)C)CC(=COC(C)C(C)C)OC. The lowest BCUT2D eigenvalue weighted by atomic mass is 10.1. The lowest BCUT2D eigenvalue weighted by Crippen LogP contribution is -2.13. The van der Waals surface area contributed by atoms with E-state index in [-0.39, 0.29) is 12.2 Å². The van der Waals surface area contributed by atoms with Crippen molar-refractivity contribution in [3.05, 3.63) is 24.0 Å². The van der Waals surface area contributed by atoms with Gasteiger partial charge in [-0.25, -0.2) is 0 Å². The van der Waals surface area contributed by atoms with Crippen LogP contribution in [0.1, 0.15) is 48.0 Å². The number of hydrogen-bond donors (Lipinski definition) is 0. The van der Waals surface area contributed by atoms with Crippen molar-refractivity contribution in [1.82, 2.24) is 0 Å². The molecule has 0 aliphatic rings. The van der Waals surface area contributed by atoms with E-state index in [9.17, 15) is 0 Å². The molecule has 0 fully saturated rings. The molecule has 124 valence electrons. The molecule has 21 heavy (non-hydrogen) atoms. The van der Waals surface area contributed by atoms with E-state index in [0.29, 0.717) is 29.8 Å². The Balaban J connectivity index is 4.61. The van der Waals surface area contributed by atoms with Crippen LogP contribution < -0.4 is 0 Å². The van der Waals surface area contributed by atoms with Gasteiger partial charge in [-0.3, -0.25) is 0 Å². The summed E-state index contributed by atoms with van der Waals surface area (Å²) < 4.78 is 22.0. The summed E-state index contributed by atoms with van der Waals surface area (Å²) >= 11 is 0. The highest BCUT2D eigenvalue weighted by molar-refractivity contribution is 5.02. The summed E-state index contributed by atoms with van der Waals surface area (Å²) in [6, 6.07) is 0. The molecule has 0 radical (unpaired) electrons. The van der Waals surface area contributed by atoms with E-state index in [0.717, 1.165) is 0 Å². The Hall–Kier alpha value is -1.32. The van der Waals surface area contributed by atoms with Crippen molar-refractivity contribution in [1.29, 1.82) is 0 Å². The Kier molecular flexibility index (Phi) is 9.76. The highest BCUT2D eigenvalue weighted by Crippen LogP contribution is 2.16. The van der Waals surface area contributed by atoms with E-state index in [1.54, 1.807) is 26.7 Å². The molecule has 0 amide bonds. The van der Waals surface area contributed by atoms with Gasteiger partial charge < -0.3 is 18.9 Å². The first-order valence-corrected chi connectivity index (χ1v) is 7.58. The Morgan fingerprint density at radius 3 is 1.29 bits per heavy atom. The third-order valence-corrected chi connectivity index (χ3v) is 3.58. The minimum absolute atomic E-state index is 0.141.